The minimum absolute atomic E-state index is 0.0481. The molecule has 0 spiro atoms. The van der Waals surface area contributed by atoms with Gasteiger partial charge in [0.05, 0.1) is 6.20 Å². The monoisotopic (exact) mass is 220 g/mol. The third kappa shape index (κ3) is 1.80. The molecule has 5 nitrogen and oxygen atoms in total. The first-order chi connectivity index (χ1) is 7.65. The van der Waals surface area contributed by atoms with Gasteiger partial charge in [0.1, 0.15) is 11.4 Å². The summed E-state index contributed by atoms with van der Waals surface area (Å²) in [6.07, 6.45) is 5.40. The fourth-order valence-electron chi connectivity index (χ4n) is 1.69. The molecule has 1 heterocycles. The molecule has 1 saturated carbocycles. The van der Waals surface area contributed by atoms with Crippen LogP contribution in [-0.2, 0) is 7.05 Å². The molecule has 5 heteroatoms. The molecule has 1 fully saturated rings. The number of hydrogen-bond donors (Lipinski definition) is 1. The average Bonchev–Trinajstić information content (AvgIpc) is 3.04. The molecule has 0 aromatic carbocycles. The summed E-state index contributed by atoms with van der Waals surface area (Å²) in [5.41, 5.74) is 6.27. The van der Waals surface area contributed by atoms with Gasteiger partial charge in [-0.1, -0.05) is 6.08 Å². The van der Waals surface area contributed by atoms with Crippen molar-refractivity contribution in [3.63, 3.8) is 0 Å². The lowest BCUT2D eigenvalue weighted by atomic mass is 10.2. The van der Waals surface area contributed by atoms with Crippen LogP contribution in [0.1, 0.15) is 23.2 Å². The Hall–Kier alpha value is -1.78. The maximum absolute atomic E-state index is 12.2. The van der Waals surface area contributed by atoms with Crippen molar-refractivity contribution in [1.82, 2.24) is 14.7 Å². The van der Waals surface area contributed by atoms with Crippen LogP contribution in [0.4, 0.5) is 5.82 Å². The molecule has 2 rings (SSSR count). The Morgan fingerprint density at radius 2 is 2.50 bits per heavy atom. The smallest absolute Gasteiger partial charge is 0.259 e. The zero-order chi connectivity index (χ0) is 11.7. The van der Waals surface area contributed by atoms with E-state index in [9.17, 15) is 4.79 Å². The van der Waals surface area contributed by atoms with Crippen molar-refractivity contribution in [3.05, 3.63) is 24.4 Å². The van der Waals surface area contributed by atoms with Gasteiger partial charge in [0.25, 0.3) is 5.91 Å². The minimum Gasteiger partial charge on any atom is -0.383 e. The van der Waals surface area contributed by atoms with E-state index in [0.717, 1.165) is 12.8 Å². The standard InChI is InChI=1S/C11H16N4O/c1-3-6-15(8-4-5-8)11(16)9-7-13-14(2)10(9)12/h3,7-8H,1,4-6,12H2,2H3. The van der Waals surface area contributed by atoms with Gasteiger partial charge in [-0.25, -0.2) is 0 Å². The molecule has 1 aromatic rings. The fraction of sp³-hybridized carbons (Fsp3) is 0.455. The van der Waals surface area contributed by atoms with Gasteiger partial charge in [-0.15, -0.1) is 6.58 Å². The molecular weight excluding hydrogens is 204 g/mol. The first-order valence-corrected chi connectivity index (χ1v) is 5.34. The van der Waals surface area contributed by atoms with E-state index in [0.29, 0.717) is 24.0 Å². The number of nitrogen functional groups attached to an aromatic ring is 1. The fourth-order valence-corrected chi connectivity index (χ4v) is 1.69. The van der Waals surface area contributed by atoms with E-state index >= 15 is 0 Å². The molecule has 1 amide bonds. The summed E-state index contributed by atoms with van der Waals surface area (Å²) in [6, 6.07) is 0.352. The van der Waals surface area contributed by atoms with E-state index < -0.39 is 0 Å². The lowest BCUT2D eigenvalue weighted by Gasteiger charge is -2.20. The van der Waals surface area contributed by atoms with Crippen molar-refractivity contribution in [2.75, 3.05) is 12.3 Å². The van der Waals surface area contributed by atoms with E-state index in [2.05, 4.69) is 11.7 Å². The number of nitrogens with zero attached hydrogens (tertiary/aromatic N) is 3. The van der Waals surface area contributed by atoms with Crippen molar-refractivity contribution in [1.29, 1.82) is 0 Å². The first kappa shape index (κ1) is 10.7. The topological polar surface area (TPSA) is 64.2 Å². The Kier molecular flexibility index (Phi) is 2.68. The van der Waals surface area contributed by atoms with Crippen LogP contribution in [-0.4, -0.2) is 33.2 Å². The van der Waals surface area contributed by atoms with Crippen molar-refractivity contribution < 1.29 is 4.79 Å². The van der Waals surface area contributed by atoms with E-state index in [4.69, 9.17) is 5.73 Å². The Morgan fingerprint density at radius 3 is 2.94 bits per heavy atom. The summed E-state index contributed by atoms with van der Waals surface area (Å²) >= 11 is 0. The highest BCUT2D eigenvalue weighted by Gasteiger charge is 2.33. The van der Waals surface area contributed by atoms with Crippen LogP contribution in [0.15, 0.2) is 18.9 Å². The number of anilines is 1. The minimum atomic E-state index is -0.0481. The molecule has 1 aliphatic rings. The van der Waals surface area contributed by atoms with Gasteiger partial charge in [-0.2, -0.15) is 5.10 Å². The first-order valence-electron chi connectivity index (χ1n) is 5.34. The zero-order valence-electron chi connectivity index (χ0n) is 9.39. The predicted molar refractivity (Wildman–Crippen MR) is 61.9 cm³/mol. The molecule has 2 N–H and O–H groups in total. The Bertz CT molecular complexity index is 420. The van der Waals surface area contributed by atoms with Gasteiger partial charge in [-0.3, -0.25) is 9.48 Å². The maximum Gasteiger partial charge on any atom is 0.259 e. The SMILES string of the molecule is C=CCN(C(=O)c1cnn(C)c1N)C1CC1. The molecule has 0 radical (unpaired) electrons. The van der Waals surface area contributed by atoms with Crippen LogP contribution in [0, 0.1) is 0 Å². The number of aromatic nitrogens is 2. The van der Waals surface area contributed by atoms with E-state index in [1.165, 1.54) is 10.9 Å². The molecule has 86 valence electrons. The Morgan fingerprint density at radius 1 is 1.81 bits per heavy atom. The Balaban J connectivity index is 2.22. The molecule has 0 aliphatic heterocycles. The average molecular weight is 220 g/mol. The highest BCUT2D eigenvalue weighted by molar-refractivity contribution is 5.98. The molecular formula is C11H16N4O. The van der Waals surface area contributed by atoms with Crippen molar-refractivity contribution in [2.24, 2.45) is 7.05 Å². The normalized spacial score (nSPS) is 14.8. The molecule has 0 bridgehead atoms. The van der Waals surface area contributed by atoms with Crippen LogP contribution in [0.3, 0.4) is 0 Å². The molecule has 0 unspecified atom stereocenters. The maximum atomic E-state index is 12.2. The number of aryl methyl sites for hydroxylation is 1. The lowest BCUT2D eigenvalue weighted by Crippen LogP contribution is -2.33. The number of carbonyl (C=O) groups excluding carboxylic acids is 1. The van der Waals surface area contributed by atoms with Crippen LogP contribution in [0.5, 0.6) is 0 Å². The number of nitrogens with two attached hydrogens (primary N) is 1. The molecule has 0 atom stereocenters. The summed E-state index contributed by atoms with van der Waals surface area (Å²) in [7, 11) is 1.72. The third-order valence-corrected chi connectivity index (χ3v) is 2.79. The van der Waals surface area contributed by atoms with Gasteiger partial charge in [0.15, 0.2) is 0 Å². The number of carbonyl (C=O) groups is 1. The summed E-state index contributed by atoms with van der Waals surface area (Å²) in [5.74, 6) is 0.368. The largest absolute Gasteiger partial charge is 0.383 e. The van der Waals surface area contributed by atoms with Crippen molar-refractivity contribution >= 4 is 11.7 Å². The predicted octanol–water partition coefficient (Wildman–Crippen LogP) is 0.793. The molecule has 1 aromatic heterocycles. The summed E-state index contributed by atoms with van der Waals surface area (Å²) < 4.78 is 1.51. The summed E-state index contributed by atoms with van der Waals surface area (Å²) in [5, 5.41) is 3.98. The quantitative estimate of drug-likeness (QED) is 0.763. The molecule has 16 heavy (non-hydrogen) atoms. The third-order valence-electron chi connectivity index (χ3n) is 2.79. The molecule has 1 aliphatic carbocycles. The summed E-state index contributed by atoms with van der Waals surface area (Å²) in [6.45, 7) is 4.24. The van der Waals surface area contributed by atoms with Crippen LogP contribution < -0.4 is 5.73 Å². The van der Waals surface area contributed by atoms with Gasteiger partial charge in [0, 0.05) is 19.6 Å². The van der Waals surface area contributed by atoms with Crippen LogP contribution in [0.25, 0.3) is 0 Å². The Labute approximate surface area is 94.5 Å². The zero-order valence-corrected chi connectivity index (χ0v) is 9.39. The lowest BCUT2D eigenvalue weighted by molar-refractivity contribution is 0.0763. The number of hydrogen-bond acceptors (Lipinski definition) is 3. The van der Waals surface area contributed by atoms with E-state index in [1.54, 1.807) is 18.0 Å². The highest BCUT2D eigenvalue weighted by atomic mass is 16.2. The highest BCUT2D eigenvalue weighted by Crippen LogP contribution is 2.28. The molecule has 0 saturated heterocycles. The van der Waals surface area contributed by atoms with Gasteiger partial charge < -0.3 is 10.6 Å². The number of rotatable bonds is 4. The van der Waals surface area contributed by atoms with Crippen LogP contribution in [0.2, 0.25) is 0 Å². The summed E-state index contributed by atoms with van der Waals surface area (Å²) in [4.78, 5) is 14.0. The number of amides is 1. The van der Waals surface area contributed by atoms with Crippen LogP contribution >= 0.6 is 0 Å². The van der Waals surface area contributed by atoms with Gasteiger partial charge in [-0.05, 0) is 12.8 Å². The second kappa shape index (κ2) is 4.00. The van der Waals surface area contributed by atoms with E-state index in [1.807, 2.05) is 0 Å². The second-order valence-electron chi connectivity index (χ2n) is 4.04. The van der Waals surface area contributed by atoms with E-state index in [-0.39, 0.29) is 5.91 Å². The second-order valence-corrected chi connectivity index (χ2v) is 4.04. The van der Waals surface area contributed by atoms with Gasteiger partial charge >= 0.3 is 0 Å². The van der Waals surface area contributed by atoms with Crippen molar-refractivity contribution in [2.45, 2.75) is 18.9 Å². The van der Waals surface area contributed by atoms with Gasteiger partial charge in [0.2, 0.25) is 0 Å². The van der Waals surface area contributed by atoms with Crippen molar-refractivity contribution in [3.8, 4) is 0 Å².